The fourth-order valence-corrected chi connectivity index (χ4v) is 3.29. The molecule has 1 saturated heterocycles. The van der Waals surface area contributed by atoms with Crippen molar-refractivity contribution in [3.8, 4) is 5.69 Å². The number of hydrogen-bond acceptors (Lipinski definition) is 3. The molecule has 0 spiro atoms. The lowest BCUT2D eigenvalue weighted by Gasteiger charge is -2.14. The van der Waals surface area contributed by atoms with Crippen molar-refractivity contribution in [2.24, 2.45) is 5.92 Å². The van der Waals surface area contributed by atoms with E-state index in [1.807, 2.05) is 43.0 Å². The topological polar surface area (TPSA) is 67.2 Å². The van der Waals surface area contributed by atoms with Gasteiger partial charge >= 0.3 is 0 Å². The number of carbonyl (C=O) groups is 2. The van der Waals surface area contributed by atoms with Gasteiger partial charge in [-0.2, -0.15) is 5.10 Å². The van der Waals surface area contributed by atoms with Gasteiger partial charge in [0.25, 0.3) is 5.91 Å². The van der Waals surface area contributed by atoms with Crippen LogP contribution in [0.15, 0.2) is 30.5 Å². The number of nitrogens with zero attached hydrogens (tertiary/aromatic N) is 3. The molecule has 2 heterocycles. The smallest absolute Gasteiger partial charge is 0.254 e. The van der Waals surface area contributed by atoms with Crippen molar-refractivity contribution in [1.82, 2.24) is 20.0 Å². The highest BCUT2D eigenvalue weighted by atomic mass is 16.2. The van der Waals surface area contributed by atoms with E-state index in [4.69, 9.17) is 0 Å². The first-order chi connectivity index (χ1) is 12.0. The van der Waals surface area contributed by atoms with E-state index in [-0.39, 0.29) is 11.8 Å². The van der Waals surface area contributed by atoms with Crippen molar-refractivity contribution in [2.75, 3.05) is 19.6 Å². The van der Waals surface area contributed by atoms with Gasteiger partial charge in [-0.25, -0.2) is 4.68 Å². The normalized spacial score (nSPS) is 16.9. The standard InChI is InChI=1S/C19H24N4O2/c1-13-6-4-5-7-18(13)23-14(2)17(11-21-23)19(25)20-10-16-8-9-22(12-16)15(3)24/h4-7,11,16H,8-10,12H2,1-3H3,(H,20,25)/t16-/m1/s1. The Hall–Kier alpha value is -2.63. The molecule has 1 fully saturated rings. The molecule has 0 unspecified atom stereocenters. The summed E-state index contributed by atoms with van der Waals surface area (Å²) in [7, 11) is 0. The van der Waals surface area contributed by atoms with Gasteiger partial charge in [0, 0.05) is 26.6 Å². The van der Waals surface area contributed by atoms with Crippen molar-refractivity contribution in [1.29, 1.82) is 0 Å². The van der Waals surface area contributed by atoms with Gasteiger partial charge in [0.05, 0.1) is 23.1 Å². The molecular formula is C19H24N4O2. The summed E-state index contributed by atoms with van der Waals surface area (Å²) in [4.78, 5) is 25.7. The molecule has 1 aliphatic rings. The molecule has 0 bridgehead atoms. The number of carbonyl (C=O) groups excluding carboxylic acids is 2. The Kier molecular flexibility index (Phi) is 4.88. The van der Waals surface area contributed by atoms with Crippen molar-refractivity contribution < 1.29 is 9.59 Å². The third kappa shape index (κ3) is 3.57. The third-order valence-corrected chi connectivity index (χ3v) is 4.88. The van der Waals surface area contributed by atoms with Crippen LogP contribution in [0.1, 0.15) is 35.0 Å². The maximum atomic E-state index is 12.5. The second kappa shape index (κ2) is 7.09. The highest BCUT2D eigenvalue weighted by Crippen LogP contribution is 2.18. The summed E-state index contributed by atoms with van der Waals surface area (Å²) in [6, 6.07) is 7.96. The third-order valence-electron chi connectivity index (χ3n) is 4.88. The Bertz CT molecular complexity index is 796. The van der Waals surface area contributed by atoms with Gasteiger partial charge in [-0.3, -0.25) is 9.59 Å². The summed E-state index contributed by atoms with van der Waals surface area (Å²) in [5.74, 6) is 0.308. The van der Waals surface area contributed by atoms with Crippen LogP contribution in [-0.2, 0) is 4.79 Å². The fraction of sp³-hybridized carbons (Fsp3) is 0.421. The largest absolute Gasteiger partial charge is 0.352 e. The first-order valence-corrected chi connectivity index (χ1v) is 8.61. The molecule has 1 aromatic heterocycles. The quantitative estimate of drug-likeness (QED) is 0.927. The van der Waals surface area contributed by atoms with Crippen LogP contribution in [-0.4, -0.2) is 46.1 Å². The van der Waals surface area contributed by atoms with Gasteiger partial charge in [-0.15, -0.1) is 0 Å². The zero-order chi connectivity index (χ0) is 18.0. The molecule has 132 valence electrons. The Morgan fingerprint density at radius 3 is 2.72 bits per heavy atom. The molecule has 2 aromatic rings. The van der Waals surface area contributed by atoms with Gasteiger partial charge in [0.15, 0.2) is 0 Å². The van der Waals surface area contributed by atoms with E-state index in [9.17, 15) is 9.59 Å². The lowest BCUT2D eigenvalue weighted by atomic mass is 10.1. The minimum absolute atomic E-state index is 0.101. The number of likely N-dealkylation sites (tertiary alicyclic amines) is 1. The number of benzene rings is 1. The zero-order valence-corrected chi connectivity index (χ0v) is 15.0. The molecular weight excluding hydrogens is 316 g/mol. The number of hydrogen-bond donors (Lipinski definition) is 1. The molecule has 0 aliphatic carbocycles. The number of rotatable bonds is 4. The highest BCUT2D eigenvalue weighted by Gasteiger charge is 2.25. The van der Waals surface area contributed by atoms with Crippen LogP contribution in [0.4, 0.5) is 0 Å². The monoisotopic (exact) mass is 340 g/mol. The molecule has 0 radical (unpaired) electrons. The summed E-state index contributed by atoms with van der Waals surface area (Å²) in [5, 5.41) is 7.38. The molecule has 0 saturated carbocycles. The Morgan fingerprint density at radius 2 is 2.04 bits per heavy atom. The van der Waals surface area contributed by atoms with Crippen LogP contribution in [0.5, 0.6) is 0 Å². The predicted molar refractivity (Wildman–Crippen MR) is 95.7 cm³/mol. The molecule has 6 nitrogen and oxygen atoms in total. The van der Waals surface area contributed by atoms with E-state index >= 15 is 0 Å². The summed E-state index contributed by atoms with van der Waals surface area (Å²) in [5.41, 5.74) is 3.50. The SMILES string of the molecule is CC(=O)N1CC[C@H](CNC(=O)c2cnn(-c3ccccc3C)c2C)C1. The molecule has 1 aliphatic heterocycles. The van der Waals surface area contributed by atoms with Gasteiger partial charge in [0.2, 0.25) is 5.91 Å². The summed E-state index contributed by atoms with van der Waals surface area (Å²) >= 11 is 0. The Labute approximate surface area is 147 Å². The van der Waals surface area contributed by atoms with Crippen LogP contribution in [0.2, 0.25) is 0 Å². The number of nitrogens with one attached hydrogen (secondary N) is 1. The minimum atomic E-state index is -0.112. The number of aryl methyl sites for hydroxylation is 1. The van der Waals surface area contributed by atoms with Gasteiger partial charge in [0.1, 0.15) is 0 Å². The number of aromatic nitrogens is 2. The second-order valence-corrected chi connectivity index (χ2v) is 6.67. The van der Waals surface area contributed by atoms with Crippen molar-refractivity contribution in [2.45, 2.75) is 27.2 Å². The predicted octanol–water partition coefficient (Wildman–Crippen LogP) is 2.09. The van der Waals surface area contributed by atoms with Gasteiger partial charge < -0.3 is 10.2 Å². The lowest BCUT2D eigenvalue weighted by Crippen LogP contribution is -2.32. The number of para-hydroxylation sites is 1. The van der Waals surface area contributed by atoms with Gasteiger partial charge in [-0.05, 0) is 37.8 Å². The Morgan fingerprint density at radius 1 is 1.28 bits per heavy atom. The first-order valence-electron chi connectivity index (χ1n) is 8.61. The van der Waals surface area contributed by atoms with Crippen LogP contribution in [0.25, 0.3) is 5.69 Å². The van der Waals surface area contributed by atoms with Crippen LogP contribution in [0, 0.1) is 19.8 Å². The van der Waals surface area contributed by atoms with Gasteiger partial charge in [-0.1, -0.05) is 18.2 Å². The maximum absolute atomic E-state index is 12.5. The van der Waals surface area contributed by atoms with Crippen LogP contribution in [0.3, 0.4) is 0 Å². The average Bonchev–Trinajstić information content (AvgIpc) is 3.20. The van der Waals surface area contributed by atoms with E-state index < -0.39 is 0 Å². The van der Waals surface area contributed by atoms with E-state index in [2.05, 4.69) is 10.4 Å². The molecule has 1 aromatic carbocycles. The number of amides is 2. The molecule has 1 atom stereocenters. The molecule has 1 N–H and O–H groups in total. The fourth-order valence-electron chi connectivity index (χ4n) is 3.29. The minimum Gasteiger partial charge on any atom is -0.352 e. The van der Waals surface area contributed by atoms with Crippen LogP contribution >= 0.6 is 0 Å². The first kappa shape index (κ1) is 17.2. The Balaban J connectivity index is 1.66. The molecule has 6 heteroatoms. The average molecular weight is 340 g/mol. The zero-order valence-electron chi connectivity index (χ0n) is 15.0. The van der Waals surface area contributed by atoms with E-state index in [0.717, 1.165) is 36.5 Å². The maximum Gasteiger partial charge on any atom is 0.254 e. The molecule has 25 heavy (non-hydrogen) atoms. The molecule has 3 rings (SSSR count). The van der Waals surface area contributed by atoms with Crippen molar-refractivity contribution >= 4 is 11.8 Å². The lowest BCUT2D eigenvalue weighted by molar-refractivity contribution is -0.127. The van der Waals surface area contributed by atoms with Crippen LogP contribution < -0.4 is 5.32 Å². The summed E-state index contributed by atoms with van der Waals surface area (Å²) < 4.78 is 1.80. The molecule has 2 amide bonds. The highest BCUT2D eigenvalue weighted by molar-refractivity contribution is 5.95. The van der Waals surface area contributed by atoms with Crippen molar-refractivity contribution in [3.63, 3.8) is 0 Å². The van der Waals surface area contributed by atoms with Crippen molar-refractivity contribution in [3.05, 3.63) is 47.3 Å². The van der Waals surface area contributed by atoms with E-state index in [1.165, 1.54) is 0 Å². The summed E-state index contributed by atoms with van der Waals surface area (Å²) in [6.45, 7) is 7.59. The second-order valence-electron chi connectivity index (χ2n) is 6.67. The van der Waals surface area contributed by atoms with E-state index in [0.29, 0.717) is 18.0 Å². The van der Waals surface area contributed by atoms with E-state index in [1.54, 1.807) is 17.8 Å². The summed E-state index contributed by atoms with van der Waals surface area (Å²) in [6.07, 6.45) is 2.55.